The summed E-state index contributed by atoms with van der Waals surface area (Å²) in [7, 11) is 1.75. The van der Waals surface area contributed by atoms with Gasteiger partial charge in [-0.3, -0.25) is 4.79 Å². The van der Waals surface area contributed by atoms with Gasteiger partial charge < -0.3 is 15.0 Å². The fourth-order valence-corrected chi connectivity index (χ4v) is 4.06. The number of carbonyl (C=O) groups is 1. The molecule has 3 aromatic rings. The molecule has 0 aliphatic rings. The van der Waals surface area contributed by atoms with Crippen LogP contribution in [0.1, 0.15) is 42.3 Å². The Labute approximate surface area is 216 Å². The molecule has 3 aromatic carbocycles. The number of rotatable bonds is 8. The van der Waals surface area contributed by atoms with Crippen LogP contribution in [0.3, 0.4) is 0 Å². The minimum absolute atomic E-state index is 0.194. The largest absolute Gasteiger partial charge is 0.488 e. The van der Waals surface area contributed by atoms with Crippen molar-refractivity contribution in [2.45, 2.75) is 39.3 Å². The van der Waals surface area contributed by atoms with Crippen LogP contribution in [0.4, 0.5) is 5.69 Å². The van der Waals surface area contributed by atoms with E-state index in [0.717, 1.165) is 16.9 Å². The first kappa shape index (κ1) is 26.2. The predicted octanol–water partition coefficient (Wildman–Crippen LogP) is 7.75. The first-order chi connectivity index (χ1) is 16.1. The van der Waals surface area contributed by atoms with Gasteiger partial charge in [-0.05, 0) is 74.7 Å². The van der Waals surface area contributed by atoms with Crippen molar-refractivity contribution in [2.75, 3.05) is 18.9 Å². The van der Waals surface area contributed by atoms with Crippen LogP contribution in [0.2, 0.25) is 15.1 Å². The van der Waals surface area contributed by atoms with Gasteiger partial charge >= 0.3 is 0 Å². The van der Waals surface area contributed by atoms with Crippen LogP contribution in [-0.4, -0.2) is 30.0 Å². The van der Waals surface area contributed by atoms with Gasteiger partial charge in [0.05, 0.1) is 15.6 Å². The van der Waals surface area contributed by atoms with E-state index in [9.17, 15) is 4.79 Å². The number of nitrogens with one attached hydrogen (secondary N) is 1. The average molecular weight is 520 g/mol. The lowest BCUT2D eigenvalue weighted by Gasteiger charge is -2.25. The van der Waals surface area contributed by atoms with E-state index in [1.165, 1.54) is 0 Å². The van der Waals surface area contributed by atoms with Crippen molar-refractivity contribution in [3.05, 3.63) is 92.4 Å². The molecule has 0 atom stereocenters. The molecule has 4 nitrogen and oxygen atoms in total. The molecular weight excluding hydrogens is 491 g/mol. The third-order valence-corrected chi connectivity index (χ3v) is 6.23. The number of carbonyl (C=O) groups excluding carboxylic acids is 1. The van der Waals surface area contributed by atoms with Crippen molar-refractivity contribution in [3.63, 3.8) is 0 Å². The molecule has 0 aliphatic heterocycles. The molecule has 180 valence electrons. The third kappa shape index (κ3) is 7.05. The van der Waals surface area contributed by atoms with E-state index in [-0.39, 0.29) is 16.5 Å². The number of benzene rings is 3. The van der Waals surface area contributed by atoms with Gasteiger partial charge in [0, 0.05) is 30.8 Å². The first-order valence-electron chi connectivity index (χ1n) is 11.0. The zero-order valence-corrected chi connectivity index (χ0v) is 22.1. The van der Waals surface area contributed by atoms with Gasteiger partial charge in [0.15, 0.2) is 0 Å². The molecule has 0 aromatic heterocycles. The van der Waals surface area contributed by atoms with E-state index in [2.05, 4.69) is 5.32 Å². The molecule has 0 aliphatic carbocycles. The number of anilines is 1. The Hall–Kier alpha value is -2.40. The van der Waals surface area contributed by atoms with Crippen LogP contribution in [0.5, 0.6) is 5.75 Å². The zero-order chi connectivity index (χ0) is 24.9. The highest BCUT2D eigenvalue weighted by Gasteiger charge is 2.24. The molecule has 0 bridgehead atoms. The second kappa shape index (κ2) is 11.4. The summed E-state index contributed by atoms with van der Waals surface area (Å²) in [6.45, 7) is 6.92. The molecule has 1 N–H and O–H groups in total. The summed E-state index contributed by atoms with van der Waals surface area (Å²) in [5.41, 5.74) is 2.77. The van der Waals surface area contributed by atoms with E-state index in [4.69, 9.17) is 39.5 Å². The Kier molecular flexibility index (Phi) is 8.75. The number of ether oxygens (including phenoxy) is 1. The quantitative estimate of drug-likeness (QED) is 0.331. The van der Waals surface area contributed by atoms with Crippen LogP contribution in [0, 0.1) is 0 Å². The number of nitrogens with zero attached hydrogens (tertiary/aromatic N) is 1. The Morgan fingerprint density at radius 1 is 0.912 bits per heavy atom. The number of halogens is 3. The van der Waals surface area contributed by atoms with Crippen molar-refractivity contribution in [2.24, 2.45) is 0 Å². The van der Waals surface area contributed by atoms with Gasteiger partial charge in [0.2, 0.25) is 0 Å². The summed E-state index contributed by atoms with van der Waals surface area (Å²) in [4.78, 5) is 15.5. The SMILES string of the molecule is CNc1ccc(Cl)c(Cl)c1C(=O)N(CCc1ccc(Cl)cc1)Cc1ccc(OC(C)(C)C)cc1. The molecule has 0 unspecified atom stereocenters. The van der Waals surface area contributed by atoms with Gasteiger partial charge in [-0.2, -0.15) is 0 Å². The average Bonchev–Trinajstić information content (AvgIpc) is 2.79. The lowest BCUT2D eigenvalue weighted by Crippen LogP contribution is -2.33. The second-order valence-corrected chi connectivity index (χ2v) is 10.2. The van der Waals surface area contributed by atoms with Crippen LogP contribution >= 0.6 is 34.8 Å². The lowest BCUT2D eigenvalue weighted by atomic mass is 10.1. The van der Waals surface area contributed by atoms with E-state index >= 15 is 0 Å². The molecule has 3 rings (SSSR count). The van der Waals surface area contributed by atoms with Crippen molar-refractivity contribution < 1.29 is 9.53 Å². The smallest absolute Gasteiger partial charge is 0.257 e. The van der Waals surface area contributed by atoms with E-state index in [1.807, 2.05) is 69.3 Å². The highest BCUT2D eigenvalue weighted by Crippen LogP contribution is 2.33. The summed E-state index contributed by atoms with van der Waals surface area (Å²) in [5, 5.41) is 4.31. The fourth-order valence-electron chi connectivity index (χ4n) is 3.53. The predicted molar refractivity (Wildman–Crippen MR) is 143 cm³/mol. The standard InChI is InChI=1S/C27H29Cl3N2O2/c1-27(2,3)34-21-11-7-19(8-12-21)17-32(16-15-18-5-9-20(28)10-6-18)26(33)24-23(31-4)14-13-22(29)25(24)30/h5-14,31H,15-17H2,1-4H3. The number of hydrogen-bond acceptors (Lipinski definition) is 3. The van der Waals surface area contributed by atoms with Gasteiger partial charge in [0.25, 0.3) is 5.91 Å². The molecule has 0 radical (unpaired) electrons. The number of amides is 1. The van der Waals surface area contributed by atoms with E-state index in [0.29, 0.717) is 40.8 Å². The van der Waals surface area contributed by atoms with Crippen molar-refractivity contribution in [1.29, 1.82) is 0 Å². The molecule has 0 heterocycles. The van der Waals surface area contributed by atoms with Crippen LogP contribution in [0.15, 0.2) is 60.7 Å². The van der Waals surface area contributed by atoms with Gasteiger partial charge in [-0.15, -0.1) is 0 Å². The molecule has 0 spiro atoms. The first-order valence-corrected chi connectivity index (χ1v) is 12.2. The highest BCUT2D eigenvalue weighted by molar-refractivity contribution is 6.44. The van der Waals surface area contributed by atoms with Gasteiger partial charge in [-0.1, -0.05) is 59.1 Å². The highest BCUT2D eigenvalue weighted by atomic mass is 35.5. The van der Waals surface area contributed by atoms with Crippen molar-refractivity contribution in [3.8, 4) is 5.75 Å². The second-order valence-electron chi connectivity index (χ2n) is 9.00. The normalized spacial score (nSPS) is 11.3. The molecule has 7 heteroatoms. The maximum atomic E-state index is 13.7. The van der Waals surface area contributed by atoms with Gasteiger partial charge in [0.1, 0.15) is 11.4 Å². The topological polar surface area (TPSA) is 41.6 Å². The molecule has 0 saturated carbocycles. The Balaban J connectivity index is 1.88. The van der Waals surface area contributed by atoms with Crippen LogP contribution < -0.4 is 10.1 Å². The Morgan fingerprint density at radius 3 is 2.12 bits per heavy atom. The summed E-state index contributed by atoms with van der Waals surface area (Å²) < 4.78 is 5.92. The summed E-state index contributed by atoms with van der Waals surface area (Å²) in [5.74, 6) is 0.589. The van der Waals surface area contributed by atoms with Crippen LogP contribution in [0.25, 0.3) is 0 Å². The Morgan fingerprint density at radius 2 is 1.53 bits per heavy atom. The van der Waals surface area contributed by atoms with E-state index in [1.54, 1.807) is 24.1 Å². The summed E-state index contributed by atoms with van der Waals surface area (Å²) in [6, 6.07) is 18.9. The summed E-state index contributed by atoms with van der Waals surface area (Å²) >= 11 is 18.8. The molecule has 0 saturated heterocycles. The van der Waals surface area contributed by atoms with Crippen molar-refractivity contribution in [1.82, 2.24) is 4.90 Å². The van der Waals surface area contributed by atoms with Crippen LogP contribution in [-0.2, 0) is 13.0 Å². The Bertz CT molecular complexity index is 1120. The van der Waals surface area contributed by atoms with E-state index < -0.39 is 0 Å². The number of hydrogen-bond donors (Lipinski definition) is 1. The van der Waals surface area contributed by atoms with Crippen molar-refractivity contribution >= 4 is 46.4 Å². The minimum Gasteiger partial charge on any atom is -0.488 e. The maximum Gasteiger partial charge on any atom is 0.257 e. The van der Waals surface area contributed by atoms with Gasteiger partial charge in [-0.25, -0.2) is 0 Å². The molecule has 0 fully saturated rings. The monoisotopic (exact) mass is 518 g/mol. The molecule has 1 amide bonds. The summed E-state index contributed by atoms with van der Waals surface area (Å²) in [6.07, 6.45) is 0.668. The molecule has 34 heavy (non-hydrogen) atoms. The third-order valence-electron chi connectivity index (χ3n) is 5.17. The lowest BCUT2D eigenvalue weighted by molar-refractivity contribution is 0.0746. The fraction of sp³-hybridized carbons (Fsp3) is 0.296. The zero-order valence-electron chi connectivity index (χ0n) is 19.8. The molecular formula is C27H29Cl3N2O2. The maximum absolute atomic E-state index is 13.7. The minimum atomic E-state index is -0.283.